The Hall–Kier alpha value is -2.89. The molecule has 0 atom stereocenters. The fraction of sp³-hybridized carbons (Fsp3) is 0.478. The molecule has 0 radical (unpaired) electrons. The molecule has 0 unspecified atom stereocenters. The van der Waals surface area contributed by atoms with Crippen LogP contribution in [-0.2, 0) is 16.9 Å². The summed E-state index contributed by atoms with van der Waals surface area (Å²) in [5, 5.41) is 11.6. The summed E-state index contributed by atoms with van der Waals surface area (Å²) in [4.78, 5) is 27.9. The van der Waals surface area contributed by atoms with Crippen molar-refractivity contribution < 1.29 is 9.59 Å². The summed E-state index contributed by atoms with van der Waals surface area (Å²) in [6.07, 6.45) is 6.46. The molecule has 2 aliphatic carbocycles. The van der Waals surface area contributed by atoms with Gasteiger partial charge in [-0.25, -0.2) is 6.57 Å². The first-order valence-electron chi connectivity index (χ1n) is 10.9. The standard InChI is InChI=1S/C23H27ClN6O2/c1-26-14-23(10-8-17(9-11-23)27-12-16-4-2-3-5-19(16)24)30-13-18(20(25)31)21(29-30)28-22(32)15-6-7-15/h2-5,13,15,17,27H,6-12,14H2,(H2,25,31)(H,28,29,32). The van der Waals surface area contributed by atoms with Gasteiger partial charge >= 0.3 is 0 Å². The lowest BCUT2D eigenvalue weighted by atomic mass is 9.79. The van der Waals surface area contributed by atoms with Crippen molar-refractivity contribution in [1.82, 2.24) is 15.1 Å². The average molecular weight is 455 g/mol. The zero-order valence-electron chi connectivity index (χ0n) is 17.8. The molecule has 168 valence electrons. The summed E-state index contributed by atoms with van der Waals surface area (Å²) in [6.45, 7) is 8.43. The molecule has 4 rings (SSSR count). The molecule has 4 N–H and O–H groups in total. The molecule has 1 aromatic heterocycles. The highest BCUT2D eigenvalue weighted by atomic mass is 35.5. The van der Waals surface area contributed by atoms with E-state index in [1.807, 2.05) is 24.3 Å². The van der Waals surface area contributed by atoms with E-state index in [0.29, 0.717) is 12.6 Å². The number of nitrogens with two attached hydrogens (primary N) is 1. The number of carbonyl (C=O) groups excluding carboxylic acids is 2. The zero-order chi connectivity index (χ0) is 22.7. The van der Waals surface area contributed by atoms with Crippen LogP contribution >= 0.6 is 11.6 Å². The number of amides is 2. The number of carbonyl (C=O) groups is 2. The summed E-state index contributed by atoms with van der Waals surface area (Å²) in [7, 11) is 0. The monoisotopic (exact) mass is 454 g/mol. The third-order valence-electron chi connectivity index (χ3n) is 6.48. The number of hydrogen-bond donors (Lipinski definition) is 3. The van der Waals surface area contributed by atoms with Crippen LogP contribution in [-0.4, -0.2) is 34.2 Å². The van der Waals surface area contributed by atoms with Gasteiger partial charge in [-0.15, -0.1) is 0 Å². The van der Waals surface area contributed by atoms with Gasteiger partial charge in [0.1, 0.15) is 11.1 Å². The minimum Gasteiger partial charge on any atom is -0.365 e. The molecular weight excluding hydrogens is 428 g/mol. The van der Waals surface area contributed by atoms with Crippen molar-refractivity contribution in [2.75, 3.05) is 11.9 Å². The Morgan fingerprint density at radius 3 is 2.59 bits per heavy atom. The highest BCUT2D eigenvalue weighted by Gasteiger charge is 2.42. The van der Waals surface area contributed by atoms with Gasteiger partial charge in [-0.2, -0.15) is 5.10 Å². The molecule has 2 aliphatic rings. The van der Waals surface area contributed by atoms with Gasteiger partial charge < -0.3 is 21.2 Å². The summed E-state index contributed by atoms with van der Waals surface area (Å²) in [5.41, 5.74) is 6.26. The second kappa shape index (κ2) is 9.31. The van der Waals surface area contributed by atoms with E-state index in [1.54, 1.807) is 10.9 Å². The van der Waals surface area contributed by atoms with Crippen LogP contribution in [0.3, 0.4) is 0 Å². The summed E-state index contributed by atoms with van der Waals surface area (Å²) < 4.78 is 1.69. The van der Waals surface area contributed by atoms with Crippen LogP contribution in [0.4, 0.5) is 5.82 Å². The van der Waals surface area contributed by atoms with Gasteiger partial charge in [-0.1, -0.05) is 29.8 Å². The van der Waals surface area contributed by atoms with Crippen LogP contribution in [0.2, 0.25) is 5.02 Å². The van der Waals surface area contributed by atoms with Gasteiger partial charge in [0.05, 0.1) is 0 Å². The van der Waals surface area contributed by atoms with E-state index in [1.165, 1.54) is 0 Å². The largest absolute Gasteiger partial charge is 0.365 e. The van der Waals surface area contributed by atoms with Crippen LogP contribution in [0.5, 0.6) is 0 Å². The number of nitrogens with one attached hydrogen (secondary N) is 2. The van der Waals surface area contributed by atoms with Crippen molar-refractivity contribution in [1.29, 1.82) is 0 Å². The minimum atomic E-state index is -0.643. The molecule has 32 heavy (non-hydrogen) atoms. The molecule has 8 nitrogen and oxygen atoms in total. The van der Waals surface area contributed by atoms with E-state index in [9.17, 15) is 9.59 Å². The van der Waals surface area contributed by atoms with Crippen LogP contribution in [0.1, 0.15) is 54.4 Å². The first-order chi connectivity index (χ1) is 15.4. The molecule has 2 saturated carbocycles. The Labute approximate surface area is 192 Å². The van der Waals surface area contributed by atoms with Gasteiger partial charge in [0, 0.05) is 29.7 Å². The van der Waals surface area contributed by atoms with Crippen molar-refractivity contribution in [3.63, 3.8) is 0 Å². The number of primary amides is 1. The van der Waals surface area contributed by atoms with Gasteiger partial charge in [0.15, 0.2) is 5.82 Å². The Kier molecular flexibility index (Phi) is 6.49. The number of aromatic nitrogens is 2. The van der Waals surface area contributed by atoms with Gasteiger partial charge in [0.2, 0.25) is 12.5 Å². The number of nitrogens with zero attached hydrogens (tertiary/aromatic N) is 3. The summed E-state index contributed by atoms with van der Waals surface area (Å²) in [6, 6.07) is 8.07. The van der Waals surface area contributed by atoms with Crippen molar-refractivity contribution in [3.05, 3.63) is 58.0 Å². The Morgan fingerprint density at radius 2 is 1.97 bits per heavy atom. The maximum absolute atomic E-state index is 12.2. The van der Waals surface area contributed by atoms with Crippen molar-refractivity contribution in [2.24, 2.45) is 11.7 Å². The Balaban J connectivity index is 1.47. The second-order valence-electron chi connectivity index (χ2n) is 8.75. The fourth-order valence-electron chi connectivity index (χ4n) is 4.32. The zero-order valence-corrected chi connectivity index (χ0v) is 18.6. The number of anilines is 1. The molecule has 0 spiro atoms. The normalized spacial score (nSPS) is 22.8. The van der Waals surface area contributed by atoms with Crippen molar-refractivity contribution in [2.45, 2.75) is 56.7 Å². The number of benzene rings is 1. The molecule has 2 aromatic rings. The van der Waals surface area contributed by atoms with Crippen LogP contribution in [0.25, 0.3) is 4.85 Å². The van der Waals surface area contributed by atoms with Crippen LogP contribution in [0.15, 0.2) is 30.5 Å². The van der Waals surface area contributed by atoms with E-state index in [-0.39, 0.29) is 29.8 Å². The fourth-order valence-corrected chi connectivity index (χ4v) is 4.52. The SMILES string of the molecule is [C-]#[N+]CC1(n2cc(C(N)=O)c(NC(=O)C3CC3)n2)CCC(NCc2ccccc2Cl)CC1. The quantitative estimate of drug-likeness (QED) is 0.532. The van der Waals surface area contributed by atoms with Crippen molar-refractivity contribution in [3.8, 4) is 0 Å². The highest BCUT2D eigenvalue weighted by Crippen LogP contribution is 2.37. The number of rotatable bonds is 8. The average Bonchev–Trinajstić information content (AvgIpc) is 3.54. The predicted octanol–water partition coefficient (Wildman–Crippen LogP) is 3.33. The third kappa shape index (κ3) is 4.79. The minimum absolute atomic E-state index is 0.0160. The predicted molar refractivity (Wildman–Crippen MR) is 122 cm³/mol. The van der Waals surface area contributed by atoms with E-state index < -0.39 is 11.4 Å². The first-order valence-corrected chi connectivity index (χ1v) is 11.3. The molecular formula is C23H27ClN6O2. The summed E-state index contributed by atoms with van der Waals surface area (Å²) in [5.74, 6) is -0.602. The molecule has 1 heterocycles. The first kappa shape index (κ1) is 22.3. The molecule has 0 saturated heterocycles. The molecule has 1 aromatic carbocycles. The molecule has 0 bridgehead atoms. The van der Waals surface area contributed by atoms with E-state index in [4.69, 9.17) is 23.9 Å². The molecule has 2 amide bonds. The van der Waals surface area contributed by atoms with Crippen LogP contribution in [0, 0.1) is 12.5 Å². The van der Waals surface area contributed by atoms with E-state index in [2.05, 4.69) is 20.6 Å². The number of halogens is 1. The maximum Gasteiger partial charge on any atom is 0.254 e. The lowest BCUT2D eigenvalue weighted by Crippen LogP contribution is -2.45. The maximum atomic E-state index is 12.2. The lowest BCUT2D eigenvalue weighted by Gasteiger charge is -2.37. The van der Waals surface area contributed by atoms with E-state index in [0.717, 1.165) is 49.1 Å². The number of hydrogen-bond acceptors (Lipinski definition) is 4. The molecule has 9 heteroatoms. The smallest absolute Gasteiger partial charge is 0.254 e. The third-order valence-corrected chi connectivity index (χ3v) is 6.85. The second-order valence-corrected chi connectivity index (χ2v) is 9.16. The summed E-state index contributed by atoms with van der Waals surface area (Å²) >= 11 is 6.26. The Morgan fingerprint density at radius 1 is 1.25 bits per heavy atom. The van der Waals surface area contributed by atoms with Crippen LogP contribution < -0.4 is 16.4 Å². The van der Waals surface area contributed by atoms with Gasteiger partial charge in [-0.3, -0.25) is 14.3 Å². The topological polar surface area (TPSA) is 106 Å². The highest BCUT2D eigenvalue weighted by molar-refractivity contribution is 6.31. The Bertz CT molecular complexity index is 1050. The van der Waals surface area contributed by atoms with Gasteiger partial charge in [0.25, 0.3) is 5.91 Å². The van der Waals surface area contributed by atoms with Gasteiger partial charge in [-0.05, 0) is 50.2 Å². The molecule has 0 aliphatic heterocycles. The molecule has 2 fully saturated rings. The van der Waals surface area contributed by atoms with E-state index >= 15 is 0 Å². The van der Waals surface area contributed by atoms with Crippen molar-refractivity contribution >= 4 is 29.2 Å². The lowest BCUT2D eigenvalue weighted by molar-refractivity contribution is -0.117.